The molecular formula is C20H22O2. The van der Waals surface area contributed by atoms with E-state index >= 15 is 0 Å². The minimum absolute atomic E-state index is 0.833. The first-order valence-corrected chi connectivity index (χ1v) is 6.76. The number of benzene rings is 2. The van der Waals surface area contributed by atoms with Crippen molar-refractivity contribution in [3.05, 3.63) is 97.1 Å². The molecule has 0 atom stereocenters. The predicted molar refractivity (Wildman–Crippen MR) is 95.6 cm³/mol. The molecule has 2 nitrogen and oxygen atoms in total. The molecule has 2 rings (SSSR count). The van der Waals surface area contributed by atoms with Crippen LogP contribution < -0.4 is 0 Å². The maximum absolute atomic E-state index is 9.25. The molecule has 0 radical (unpaired) electrons. The average molecular weight is 294 g/mol. The predicted octanol–water partition coefficient (Wildman–Crippen LogP) is 5.22. The fraction of sp³-hybridized carbons (Fsp3) is 0.0500. The van der Waals surface area contributed by atoms with Crippen molar-refractivity contribution in [1.29, 1.82) is 0 Å². The maximum atomic E-state index is 9.25. The van der Waals surface area contributed by atoms with E-state index in [9.17, 15) is 4.79 Å². The summed E-state index contributed by atoms with van der Waals surface area (Å²) in [5, 5.41) is 7.60. The lowest BCUT2D eigenvalue weighted by molar-refractivity contribution is -0.131. The summed E-state index contributed by atoms with van der Waals surface area (Å²) in [6.07, 6.45) is 4.54. The van der Waals surface area contributed by atoms with Crippen LogP contribution in [-0.2, 0) is 4.79 Å². The monoisotopic (exact) mass is 294 g/mol. The van der Waals surface area contributed by atoms with Crippen molar-refractivity contribution >= 4 is 18.1 Å². The first-order valence-electron chi connectivity index (χ1n) is 6.76. The Morgan fingerprint density at radius 2 is 1.41 bits per heavy atom. The molecule has 0 aliphatic heterocycles. The van der Waals surface area contributed by atoms with Crippen LogP contribution in [-0.4, -0.2) is 11.1 Å². The first-order chi connectivity index (χ1) is 10.5. The molecule has 2 aromatic rings. The zero-order valence-electron chi connectivity index (χ0n) is 12.9. The van der Waals surface area contributed by atoms with Crippen molar-refractivity contribution in [2.45, 2.75) is 6.92 Å². The number of hydrogen-bond acceptors (Lipinski definition) is 1. The summed E-state index contributed by atoms with van der Waals surface area (Å²) < 4.78 is 0. The molecule has 0 fully saturated rings. The number of aryl methyl sites for hydroxylation is 1. The molecule has 0 amide bonds. The van der Waals surface area contributed by atoms with E-state index in [2.05, 4.69) is 38.8 Å². The van der Waals surface area contributed by atoms with E-state index < -0.39 is 5.97 Å². The fourth-order valence-electron chi connectivity index (χ4n) is 1.40. The Morgan fingerprint density at radius 1 is 0.909 bits per heavy atom. The SMILES string of the molecule is C=CC(=O)O.C=Cc1ccccc1.C=Cc1ccccc1C. The second kappa shape index (κ2) is 11.9. The molecule has 0 heterocycles. The highest BCUT2D eigenvalue weighted by Gasteiger charge is 1.86. The summed E-state index contributed by atoms with van der Waals surface area (Å²) >= 11 is 0. The normalized spacial score (nSPS) is 8.23. The quantitative estimate of drug-likeness (QED) is 0.787. The first kappa shape index (κ1) is 19.1. The summed E-state index contributed by atoms with van der Waals surface area (Å²) in [6, 6.07) is 18.2. The molecule has 0 aromatic heterocycles. The van der Waals surface area contributed by atoms with Gasteiger partial charge in [0.2, 0.25) is 0 Å². The van der Waals surface area contributed by atoms with Crippen LogP contribution in [0.4, 0.5) is 0 Å². The van der Waals surface area contributed by atoms with Crippen LogP contribution in [0, 0.1) is 6.92 Å². The molecule has 0 aliphatic rings. The van der Waals surface area contributed by atoms with Gasteiger partial charge in [0.15, 0.2) is 0 Å². The number of rotatable bonds is 3. The average Bonchev–Trinajstić information content (AvgIpc) is 2.57. The van der Waals surface area contributed by atoms with Crippen molar-refractivity contribution < 1.29 is 9.90 Å². The Morgan fingerprint density at radius 3 is 1.73 bits per heavy atom. The second-order valence-electron chi connectivity index (χ2n) is 4.22. The summed E-state index contributed by atoms with van der Waals surface area (Å²) in [4.78, 5) is 9.25. The van der Waals surface area contributed by atoms with Crippen molar-refractivity contribution in [2.24, 2.45) is 0 Å². The van der Waals surface area contributed by atoms with E-state index in [-0.39, 0.29) is 0 Å². The van der Waals surface area contributed by atoms with Crippen LogP contribution in [0.25, 0.3) is 12.2 Å². The molecule has 1 N–H and O–H groups in total. The summed E-state index contributed by atoms with van der Waals surface area (Å²) in [5.74, 6) is -0.981. The minimum Gasteiger partial charge on any atom is -0.478 e. The molecule has 0 bridgehead atoms. The third kappa shape index (κ3) is 9.10. The van der Waals surface area contributed by atoms with Crippen LogP contribution in [0.5, 0.6) is 0 Å². The van der Waals surface area contributed by atoms with Gasteiger partial charge in [-0.1, -0.05) is 86.5 Å². The number of aliphatic carboxylic acids is 1. The topological polar surface area (TPSA) is 37.3 Å². The molecule has 0 spiro atoms. The van der Waals surface area contributed by atoms with Crippen molar-refractivity contribution in [3.63, 3.8) is 0 Å². The standard InChI is InChI=1S/C9H10.C8H8.C3H4O2/c1-3-9-7-5-4-6-8(9)2;1-2-8-6-4-3-5-7-8;1-2-3(4)5/h3-7H,1H2,2H3;2-7H,1H2;2H,1H2,(H,4,5). The van der Waals surface area contributed by atoms with Gasteiger partial charge in [-0.05, 0) is 23.6 Å². The highest BCUT2D eigenvalue weighted by molar-refractivity contribution is 5.78. The van der Waals surface area contributed by atoms with Crippen LogP contribution in [0.15, 0.2) is 80.4 Å². The molecule has 0 saturated heterocycles. The molecule has 0 unspecified atom stereocenters. The lowest BCUT2D eigenvalue weighted by Crippen LogP contribution is -1.82. The van der Waals surface area contributed by atoms with Gasteiger partial charge < -0.3 is 5.11 Å². The van der Waals surface area contributed by atoms with Gasteiger partial charge in [0.25, 0.3) is 0 Å². The van der Waals surface area contributed by atoms with E-state index in [4.69, 9.17) is 5.11 Å². The lowest BCUT2D eigenvalue weighted by Gasteiger charge is -1.95. The van der Waals surface area contributed by atoms with Crippen LogP contribution >= 0.6 is 0 Å². The number of carbonyl (C=O) groups is 1. The van der Waals surface area contributed by atoms with Gasteiger partial charge in [-0.25, -0.2) is 4.79 Å². The molecule has 0 saturated carbocycles. The number of hydrogen-bond donors (Lipinski definition) is 1. The smallest absolute Gasteiger partial charge is 0.327 e. The van der Waals surface area contributed by atoms with E-state index in [1.165, 1.54) is 16.7 Å². The number of carboxylic acid groups (broad SMARTS) is 1. The zero-order chi connectivity index (χ0) is 16.8. The van der Waals surface area contributed by atoms with E-state index in [0.29, 0.717) is 0 Å². The maximum Gasteiger partial charge on any atom is 0.327 e. The Bertz CT molecular complexity index is 598. The van der Waals surface area contributed by atoms with Gasteiger partial charge in [-0.15, -0.1) is 0 Å². The molecule has 0 aliphatic carbocycles. The van der Waals surface area contributed by atoms with Gasteiger partial charge in [0.1, 0.15) is 0 Å². The molecule has 22 heavy (non-hydrogen) atoms. The Labute approximate surface area is 132 Å². The van der Waals surface area contributed by atoms with E-state index in [1.807, 2.05) is 54.6 Å². The van der Waals surface area contributed by atoms with Gasteiger partial charge in [-0.3, -0.25) is 0 Å². The highest BCUT2D eigenvalue weighted by atomic mass is 16.4. The van der Waals surface area contributed by atoms with Gasteiger partial charge in [0, 0.05) is 6.08 Å². The second-order valence-corrected chi connectivity index (χ2v) is 4.22. The van der Waals surface area contributed by atoms with Gasteiger partial charge in [0.05, 0.1) is 0 Å². The Hall–Kier alpha value is -2.87. The lowest BCUT2D eigenvalue weighted by atomic mass is 10.1. The van der Waals surface area contributed by atoms with Crippen LogP contribution in [0.3, 0.4) is 0 Å². The third-order valence-electron chi connectivity index (χ3n) is 2.62. The van der Waals surface area contributed by atoms with Crippen LogP contribution in [0.1, 0.15) is 16.7 Å². The summed E-state index contributed by atoms with van der Waals surface area (Å²) in [5.41, 5.74) is 3.68. The molecule has 114 valence electrons. The van der Waals surface area contributed by atoms with Crippen molar-refractivity contribution in [1.82, 2.24) is 0 Å². The minimum atomic E-state index is -0.981. The van der Waals surface area contributed by atoms with E-state index in [1.54, 1.807) is 0 Å². The largest absolute Gasteiger partial charge is 0.478 e. The van der Waals surface area contributed by atoms with E-state index in [0.717, 1.165) is 6.08 Å². The third-order valence-corrected chi connectivity index (χ3v) is 2.62. The molecular weight excluding hydrogens is 272 g/mol. The number of carboxylic acids is 1. The van der Waals surface area contributed by atoms with Crippen molar-refractivity contribution in [3.8, 4) is 0 Å². The fourth-order valence-corrected chi connectivity index (χ4v) is 1.40. The van der Waals surface area contributed by atoms with Gasteiger partial charge in [-0.2, -0.15) is 0 Å². The van der Waals surface area contributed by atoms with Gasteiger partial charge >= 0.3 is 5.97 Å². The summed E-state index contributed by atoms with van der Waals surface area (Å²) in [6.45, 7) is 12.4. The Balaban J connectivity index is 0.000000315. The Kier molecular flexibility index (Phi) is 10.4. The summed E-state index contributed by atoms with van der Waals surface area (Å²) in [7, 11) is 0. The van der Waals surface area contributed by atoms with Crippen molar-refractivity contribution in [2.75, 3.05) is 0 Å². The molecule has 2 aromatic carbocycles. The molecule has 2 heteroatoms. The highest BCUT2D eigenvalue weighted by Crippen LogP contribution is 2.06. The van der Waals surface area contributed by atoms with Crippen LogP contribution in [0.2, 0.25) is 0 Å². The zero-order valence-corrected chi connectivity index (χ0v) is 12.9.